The molecule has 39 heavy (non-hydrogen) atoms. The molecule has 0 spiro atoms. The summed E-state index contributed by atoms with van der Waals surface area (Å²) >= 11 is 0. The van der Waals surface area contributed by atoms with Crippen LogP contribution in [0.3, 0.4) is 0 Å². The van der Waals surface area contributed by atoms with Gasteiger partial charge in [-0.3, -0.25) is 9.36 Å². The molecular formula is C29H31N3O7. The zero-order chi connectivity index (χ0) is 27.0. The van der Waals surface area contributed by atoms with Gasteiger partial charge >= 0.3 is 5.69 Å². The van der Waals surface area contributed by atoms with Crippen molar-refractivity contribution in [3.8, 4) is 34.3 Å². The van der Waals surface area contributed by atoms with E-state index in [2.05, 4.69) is 4.98 Å². The number of amides is 1. The first-order chi connectivity index (χ1) is 18.9. The van der Waals surface area contributed by atoms with Gasteiger partial charge in [0.1, 0.15) is 19.0 Å². The Balaban J connectivity index is 1.21. The highest BCUT2D eigenvalue weighted by Crippen LogP contribution is 2.38. The molecule has 0 aliphatic carbocycles. The molecule has 1 fully saturated rings. The van der Waals surface area contributed by atoms with Crippen molar-refractivity contribution in [1.29, 1.82) is 0 Å². The first-order valence-electron chi connectivity index (χ1n) is 13.2. The number of hydrogen-bond acceptors (Lipinski definition) is 8. The van der Waals surface area contributed by atoms with Crippen LogP contribution in [0.25, 0.3) is 11.3 Å². The predicted octanol–water partition coefficient (Wildman–Crippen LogP) is 2.70. The van der Waals surface area contributed by atoms with Gasteiger partial charge in [-0.1, -0.05) is 12.1 Å². The smallest absolute Gasteiger partial charge is 0.348 e. The third kappa shape index (κ3) is 5.04. The van der Waals surface area contributed by atoms with Gasteiger partial charge in [-0.2, -0.15) is 4.98 Å². The molecule has 0 bridgehead atoms. The van der Waals surface area contributed by atoms with Gasteiger partial charge in [0.25, 0.3) is 5.91 Å². The van der Waals surface area contributed by atoms with E-state index in [0.29, 0.717) is 74.6 Å². The number of carbonyl (C=O) groups is 1. The second-order valence-corrected chi connectivity index (χ2v) is 10.3. The zero-order valence-corrected chi connectivity index (χ0v) is 22.1. The zero-order valence-electron chi connectivity index (χ0n) is 22.1. The molecule has 0 radical (unpaired) electrons. The van der Waals surface area contributed by atoms with E-state index in [0.717, 1.165) is 11.1 Å². The van der Waals surface area contributed by atoms with Gasteiger partial charge in [0.05, 0.1) is 25.1 Å². The van der Waals surface area contributed by atoms with Crippen LogP contribution in [-0.4, -0.2) is 71.6 Å². The van der Waals surface area contributed by atoms with Crippen molar-refractivity contribution in [3.05, 3.63) is 64.7 Å². The third-order valence-electron chi connectivity index (χ3n) is 7.14. The van der Waals surface area contributed by atoms with Gasteiger partial charge in [0.15, 0.2) is 29.0 Å². The van der Waals surface area contributed by atoms with Crippen LogP contribution in [0.5, 0.6) is 23.0 Å². The quantitative estimate of drug-likeness (QED) is 0.477. The fraction of sp³-hybridized carbons (Fsp3) is 0.414. The van der Waals surface area contributed by atoms with Crippen LogP contribution in [0.4, 0.5) is 0 Å². The van der Waals surface area contributed by atoms with Gasteiger partial charge in [0, 0.05) is 25.2 Å². The fourth-order valence-electron chi connectivity index (χ4n) is 5.18. The van der Waals surface area contributed by atoms with E-state index in [9.17, 15) is 9.59 Å². The maximum absolute atomic E-state index is 13.1. The van der Waals surface area contributed by atoms with Crippen molar-refractivity contribution >= 4 is 5.91 Å². The summed E-state index contributed by atoms with van der Waals surface area (Å²) < 4.78 is 31.2. The minimum Gasteiger partial charge on any atom is -0.486 e. The number of morpholine rings is 1. The van der Waals surface area contributed by atoms with E-state index >= 15 is 0 Å². The highest BCUT2D eigenvalue weighted by Gasteiger charge is 2.35. The van der Waals surface area contributed by atoms with Gasteiger partial charge in [-0.05, 0) is 56.2 Å². The summed E-state index contributed by atoms with van der Waals surface area (Å²) in [7, 11) is 0. The van der Waals surface area contributed by atoms with Crippen LogP contribution in [0.1, 0.15) is 19.4 Å². The number of para-hydroxylation sites is 2. The predicted molar refractivity (Wildman–Crippen MR) is 142 cm³/mol. The molecule has 2 aromatic carbocycles. The lowest BCUT2D eigenvalue weighted by molar-refractivity contribution is -0.149. The van der Waals surface area contributed by atoms with Crippen LogP contribution in [-0.2, 0) is 22.5 Å². The largest absolute Gasteiger partial charge is 0.486 e. The summed E-state index contributed by atoms with van der Waals surface area (Å²) in [6, 6.07) is 13.2. The number of benzene rings is 2. The van der Waals surface area contributed by atoms with E-state index in [1.54, 1.807) is 23.3 Å². The topological polar surface area (TPSA) is 101 Å². The summed E-state index contributed by atoms with van der Waals surface area (Å²) in [4.78, 5) is 31.5. The highest BCUT2D eigenvalue weighted by molar-refractivity contribution is 5.85. The van der Waals surface area contributed by atoms with Crippen LogP contribution >= 0.6 is 0 Å². The van der Waals surface area contributed by atoms with E-state index < -0.39 is 5.60 Å². The fourth-order valence-corrected chi connectivity index (χ4v) is 5.18. The van der Waals surface area contributed by atoms with Crippen LogP contribution in [0.15, 0.2) is 53.5 Å². The second kappa shape index (κ2) is 10.3. The molecule has 0 N–H and O–H groups in total. The Morgan fingerprint density at radius 3 is 2.72 bits per heavy atom. The Bertz CT molecular complexity index is 1450. The summed E-state index contributed by atoms with van der Waals surface area (Å²) in [5, 5.41) is 0. The molecule has 4 heterocycles. The average Bonchev–Trinajstić information content (AvgIpc) is 2.96. The Morgan fingerprint density at radius 1 is 1.10 bits per heavy atom. The SMILES string of the molecule is CC(C)(Oc1ccc2c(c1)CCn1c-2c(OCC2COc3ccccc3O2)cnc1=O)C(=O)N1CCOCC1. The first-order valence-corrected chi connectivity index (χ1v) is 13.2. The molecule has 1 atom stereocenters. The van der Waals surface area contributed by atoms with E-state index in [1.165, 1.54) is 6.20 Å². The van der Waals surface area contributed by atoms with Crippen molar-refractivity contribution in [3.63, 3.8) is 0 Å². The molecule has 6 rings (SSSR count). The Morgan fingerprint density at radius 2 is 1.90 bits per heavy atom. The monoisotopic (exact) mass is 533 g/mol. The molecular weight excluding hydrogens is 502 g/mol. The van der Waals surface area contributed by atoms with E-state index in [-0.39, 0.29) is 24.3 Å². The summed E-state index contributed by atoms with van der Waals surface area (Å²) in [5.41, 5.74) is 1.18. The lowest BCUT2D eigenvalue weighted by Gasteiger charge is -2.34. The molecule has 10 nitrogen and oxygen atoms in total. The summed E-state index contributed by atoms with van der Waals surface area (Å²) in [5.74, 6) is 2.41. The van der Waals surface area contributed by atoms with Gasteiger partial charge in [0.2, 0.25) is 0 Å². The molecule has 10 heteroatoms. The van der Waals surface area contributed by atoms with E-state index in [4.69, 9.17) is 23.7 Å². The normalized spacial score (nSPS) is 18.1. The molecule has 3 aromatic rings. The second-order valence-electron chi connectivity index (χ2n) is 10.3. The molecule has 0 saturated carbocycles. The van der Waals surface area contributed by atoms with E-state index in [1.807, 2.05) is 42.5 Å². The third-order valence-corrected chi connectivity index (χ3v) is 7.14. The molecule has 3 aliphatic heterocycles. The molecule has 1 aromatic heterocycles. The Kier molecular flexibility index (Phi) is 6.64. The lowest BCUT2D eigenvalue weighted by Crippen LogP contribution is -2.52. The first kappa shape index (κ1) is 25.2. The summed E-state index contributed by atoms with van der Waals surface area (Å²) in [6.07, 6.45) is 1.78. The van der Waals surface area contributed by atoms with Crippen molar-refractivity contribution in [1.82, 2.24) is 14.5 Å². The van der Waals surface area contributed by atoms with Crippen LogP contribution in [0, 0.1) is 0 Å². The number of aromatic nitrogens is 2. The Hall–Kier alpha value is -4.05. The van der Waals surface area contributed by atoms with Crippen molar-refractivity contribution < 1.29 is 28.5 Å². The van der Waals surface area contributed by atoms with Crippen LogP contribution in [0.2, 0.25) is 0 Å². The molecule has 1 amide bonds. The standard InChI is InChI=1S/C29H31N3O7/c1-29(2,27(33)31-11-13-35-14-12-31)39-20-7-8-22-19(15-20)9-10-32-26(22)25(16-30-28(32)34)37-18-21-17-36-23-5-3-4-6-24(23)38-21/h3-8,15-16,21H,9-14,17-18H2,1-2H3. The van der Waals surface area contributed by atoms with Crippen molar-refractivity contribution in [2.75, 3.05) is 39.5 Å². The number of carbonyl (C=O) groups excluding carboxylic acids is 1. The van der Waals surface area contributed by atoms with Gasteiger partial charge < -0.3 is 28.6 Å². The maximum Gasteiger partial charge on any atom is 0.348 e. The number of hydrogen-bond donors (Lipinski definition) is 0. The molecule has 1 saturated heterocycles. The number of aryl methyl sites for hydroxylation is 1. The minimum atomic E-state index is -1.03. The van der Waals surface area contributed by atoms with Crippen LogP contribution < -0.4 is 24.6 Å². The number of nitrogens with zero attached hydrogens (tertiary/aromatic N) is 3. The number of ether oxygens (including phenoxy) is 5. The molecule has 3 aliphatic rings. The van der Waals surface area contributed by atoms with Gasteiger partial charge in [-0.25, -0.2) is 4.79 Å². The Labute approximate surface area is 226 Å². The minimum absolute atomic E-state index is 0.0706. The molecule has 204 valence electrons. The molecule has 1 unspecified atom stereocenters. The maximum atomic E-state index is 13.1. The van der Waals surface area contributed by atoms with Crippen molar-refractivity contribution in [2.24, 2.45) is 0 Å². The van der Waals surface area contributed by atoms with Crippen molar-refractivity contribution in [2.45, 2.75) is 38.5 Å². The number of fused-ring (bicyclic) bond motifs is 4. The average molecular weight is 534 g/mol. The summed E-state index contributed by atoms with van der Waals surface area (Å²) in [6.45, 7) is 6.80. The number of rotatable bonds is 6. The lowest BCUT2D eigenvalue weighted by atomic mass is 9.96. The van der Waals surface area contributed by atoms with Gasteiger partial charge in [-0.15, -0.1) is 0 Å². The highest BCUT2D eigenvalue weighted by atomic mass is 16.6.